The van der Waals surface area contributed by atoms with Gasteiger partial charge in [0.05, 0.1) is 0 Å². The molecule has 0 unspecified atom stereocenters. The van der Waals surface area contributed by atoms with Gasteiger partial charge in [-0.15, -0.1) is 6.58 Å². The lowest BCUT2D eigenvalue weighted by molar-refractivity contribution is -0.137. The fourth-order valence-corrected chi connectivity index (χ4v) is 0.923. The van der Waals surface area contributed by atoms with Gasteiger partial charge in [0.2, 0.25) is 9.76 Å². The molecule has 0 amide bonds. The highest BCUT2D eigenvalue weighted by atomic mass is 28.2. The highest BCUT2D eigenvalue weighted by Crippen LogP contribution is 1.93. The summed E-state index contributed by atoms with van der Waals surface area (Å²) < 4.78 is 4.83. The first kappa shape index (κ1) is 8.43. The molecule has 0 radical (unpaired) electrons. The van der Waals surface area contributed by atoms with Crippen LogP contribution in [0.2, 0.25) is 0 Å². The SMILES string of the molecule is C=C[SiH2]OC(=O)C(C)C. The van der Waals surface area contributed by atoms with Crippen LogP contribution >= 0.6 is 0 Å². The molecule has 0 heterocycles. The van der Waals surface area contributed by atoms with Gasteiger partial charge >= 0.3 is 0 Å². The van der Waals surface area contributed by atoms with Gasteiger partial charge in [-0.25, -0.2) is 0 Å². The first-order chi connectivity index (χ1) is 4.18. The summed E-state index contributed by atoms with van der Waals surface area (Å²) in [7, 11) is -0.754. The molecule has 9 heavy (non-hydrogen) atoms. The van der Waals surface area contributed by atoms with E-state index in [9.17, 15) is 4.79 Å². The quantitative estimate of drug-likeness (QED) is 0.536. The van der Waals surface area contributed by atoms with Crippen molar-refractivity contribution in [3.63, 3.8) is 0 Å². The summed E-state index contributed by atoms with van der Waals surface area (Å²) in [6.45, 7) is 7.12. The molecule has 52 valence electrons. The molecule has 0 saturated heterocycles. The van der Waals surface area contributed by atoms with Crippen LogP contribution in [0.5, 0.6) is 0 Å². The molecule has 0 atom stereocenters. The van der Waals surface area contributed by atoms with Gasteiger partial charge in [0.15, 0.2) is 0 Å². The number of hydrogen-bond acceptors (Lipinski definition) is 2. The van der Waals surface area contributed by atoms with Crippen LogP contribution in [0.1, 0.15) is 13.8 Å². The minimum Gasteiger partial charge on any atom is -0.521 e. The number of hydrogen-bond donors (Lipinski definition) is 0. The zero-order valence-corrected chi connectivity index (χ0v) is 7.30. The molecule has 0 aromatic carbocycles. The summed E-state index contributed by atoms with van der Waals surface area (Å²) in [6.07, 6.45) is 0. The van der Waals surface area contributed by atoms with Gasteiger partial charge in [0, 0.05) is 5.92 Å². The smallest absolute Gasteiger partial charge is 0.294 e. The topological polar surface area (TPSA) is 26.3 Å². The zero-order chi connectivity index (χ0) is 7.28. The van der Waals surface area contributed by atoms with Crippen LogP contribution in [-0.2, 0) is 9.22 Å². The highest BCUT2D eigenvalue weighted by Gasteiger charge is 2.05. The molecule has 0 aliphatic heterocycles. The molecule has 0 aromatic heterocycles. The van der Waals surface area contributed by atoms with Gasteiger partial charge in [-0.2, -0.15) is 0 Å². The monoisotopic (exact) mass is 144 g/mol. The maximum atomic E-state index is 10.7. The van der Waals surface area contributed by atoms with Crippen molar-refractivity contribution in [3.05, 3.63) is 12.3 Å². The Bertz CT molecular complexity index is 110. The highest BCUT2D eigenvalue weighted by molar-refractivity contribution is 6.36. The van der Waals surface area contributed by atoms with Crippen LogP contribution in [-0.4, -0.2) is 15.7 Å². The van der Waals surface area contributed by atoms with Gasteiger partial charge in [-0.05, 0) is 0 Å². The largest absolute Gasteiger partial charge is 0.521 e. The van der Waals surface area contributed by atoms with Crippen molar-refractivity contribution in [1.29, 1.82) is 0 Å². The average molecular weight is 144 g/mol. The lowest BCUT2D eigenvalue weighted by atomic mass is 10.2. The molecule has 0 rings (SSSR count). The van der Waals surface area contributed by atoms with E-state index in [4.69, 9.17) is 4.43 Å². The van der Waals surface area contributed by atoms with E-state index in [2.05, 4.69) is 6.58 Å². The summed E-state index contributed by atoms with van der Waals surface area (Å²) in [4.78, 5) is 10.7. The van der Waals surface area contributed by atoms with Crippen LogP contribution in [0, 0.1) is 5.92 Å². The molecule has 0 aromatic rings. The summed E-state index contributed by atoms with van der Waals surface area (Å²) in [5.74, 6) is -0.112. The minimum absolute atomic E-state index is 0.00236. The average Bonchev–Trinajstić information content (AvgIpc) is 1.82. The lowest BCUT2D eigenvalue weighted by Crippen LogP contribution is -2.12. The van der Waals surface area contributed by atoms with Crippen molar-refractivity contribution >= 4 is 15.7 Å². The molecule has 2 nitrogen and oxygen atoms in total. The maximum Gasteiger partial charge on any atom is 0.294 e. The third kappa shape index (κ3) is 3.97. The standard InChI is InChI=1S/C6H12O2Si/c1-4-9-8-6(7)5(2)3/h4-5H,1,9H2,2-3H3. The van der Waals surface area contributed by atoms with Crippen LogP contribution < -0.4 is 0 Å². The predicted octanol–water partition coefficient (Wildman–Crippen LogP) is 0.413. The maximum absolute atomic E-state index is 10.7. The van der Waals surface area contributed by atoms with E-state index in [0.717, 1.165) is 0 Å². The second kappa shape index (κ2) is 4.32. The predicted molar refractivity (Wildman–Crippen MR) is 39.7 cm³/mol. The Hall–Kier alpha value is -0.573. The van der Waals surface area contributed by atoms with E-state index in [1.165, 1.54) is 0 Å². The molecule has 3 heteroatoms. The Morgan fingerprint density at radius 2 is 2.33 bits per heavy atom. The van der Waals surface area contributed by atoms with Crippen molar-refractivity contribution in [3.8, 4) is 0 Å². The number of rotatable bonds is 3. The second-order valence-electron chi connectivity index (χ2n) is 2.07. The van der Waals surface area contributed by atoms with E-state index in [-0.39, 0.29) is 11.9 Å². The zero-order valence-electron chi connectivity index (χ0n) is 5.89. The molecular formula is C6H12O2Si. The Morgan fingerprint density at radius 3 is 2.67 bits per heavy atom. The molecular weight excluding hydrogens is 132 g/mol. The van der Waals surface area contributed by atoms with Crippen LogP contribution in [0.15, 0.2) is 12.3 Å². The van der Waals surface area contributed by atoms with Crippen molar-refractivity contribution in [1.82, 2.24) is 0 Å². The first-order valence-corrected chi connectivity index (χ1v) is 4.35. The third-order valence-electron chi connectivity index (χ3n) is 0.815. The lowest BCUT2D eigenvalue weighted by Gasteiger charge is -2.03. The molecule has 0 aliphatic carbocycles. The van der Waals surface area contributed by atoms with E-state index in [1.807, 2.05) is 13.8 Å². The summed E-state index contributed by atoms with van der Waals surface area (Å²) in [5, 5.41) is 0. The Labute approximate surface area is 57.8 Å². The minimum atomic E-state index is -0.754. The molecule has 0 bridgehead atoms. The molecule has 0 aliphatic rings. The van der Waals surface area contributed by atoms with Gasteiger partial charge in [0.1, 0.15) is 0 Å². The summed E-state index contributed by atoms with van der Waals surface area (Å²) >= 11 is 0. The number of carbonyl (C=O) groups is 1. The van der Waals surface area contributed by atoms with Crippen molar-refractivity contribution in [2.24, 2.45) is 5.92 Å². The van der Waals surface area contributed by atoms with E-state index in [1.54, 1.807) is 5.70 Å². The van der Waals surface area contributed by atoms with Crippen LogP contribution in [0.4, 0.5) is 0 Å². The Kier molecular flexibility index (Phi) is 4.04. The van der Waals surface area contributed by atoms with Gasteiger partial charge in [-0.3, -0.25) is 4.79 Å². The fraction of sp³-hybridized carbons (Fsp3) is 0.500. The van der Waals surface area contributed by atoms with Gasteiger partial charge in [-0.1, -0.05) is 19.5 Å². The number of carbonyl (C=O) groups excluding carboxylic acids is 1. The summed E-state index contributed by atoms with van der Waals surface area (Å²) in [5.41, 5.74) is 1.69. The first-order valence-electron chi connectivity index (χ1n) is 2.96. The van der Waals surface area contributed by atoms with Crippen molar-refractivity contribution in [2.45, 2.75) is 13.8 Å². The van der Waals surface area contributed by atoms with Crippen LogP contribution in [0.3, 0.4) is 0 Å². The van der Waals surface area contributed by atoms with Crippen LogP contribution in [0.25, 0.3) is 0 Å². The van der Waals surface area contributed by atoms with Crippen molar-refractivity contribution < 1.29 is 9.22 Å². The third-order valence-corrected chi connectivity index (χ3v) is 1.50. The molecule has 0 N–H and O–H groups in total. The van der Waals surface area contributed by atoms with E-state index in [0.29, 0.717) is 0 Å². The van der Waals surface area contributed by atoms with Crippen molar-refractivity contribution in [2.75, 3.05) is 0 Å². The second-order valence-corrected chi connectivity index (χ2v) is 3.27. The Morgan fingerprint density at radius 1 is 1.78 bits per heavy atom. The molecule has 0 spiro atoms. The van der Waals surface area contributed by atoms with Gasteiger partial charge < -0.3 is 4.43 Å². The molecule has 0 saturated carbocycles. The van der Waals surface area contributed by atoms with Gasteiger partial charge in [0.25, 0.3) is 5.97 Å². The normalized spacial score (nSPS) is 10.6. The Balaban J connectivity index is 3.38. The molecule has 0 fully saturated rings. The van der Waals surface area contributed by atoms with E-state index >= 15 is 0 Å². The summed E-state index contributed by atoms with van der Waals surface area (Å²) in [6, 6.07) is 0. The van der Waals surface area contributed by atoms with E-state index < -0.39 is 9.76 Å². The fourth-order valence-electron chi connectivity index (χ4n) is 0.308.